The summed E-state index contributed by atoms with van der Waals surface area (Å²) < 4.78 is 23.0. The monoisotopic (exact) mass is 288 g/mol. The molecule has 1 aliphatic heterocycles. The normalized spacial score (nSPS) is 26.1. The Morgan fingerprint density at radius 3 is 2.39 bits per heavy atom. The zero-order valence-electron chi connectivity index (χ0n) is 9.60. The first-order chi connectivity index (χ1) is 8.33. The molecule has 1 saturated heterocycles. The molecule has 0 bridgehead atoms. The van der Waals surface area contributed by atoms with E-state index >= 15 is 0 Å². The number of sulfone groups is 1. The third-order valence-corrected chi connectivity index (χ3v) is 5.37. The molecule has 98 valence electrons. The fourth-order valence-corrected chi connectivity index (χ4v) is 4.48. The van der Waals surface area contributed by atoms with E-state index < -0.39 is 21.2 Å². The molecule has 1 atom stereocenters. The molecule has 1 aromatic rings. The first-order valence-corrected chi connectivity index (χ1v) is 7.71. The quantitative estimate of drug-likeness (QED) is 0.920. The van der Waals surface area contributed by atoms with Crippen LogP contribution in [0.5, 0.6) is 0 Å². The molecule has 1 unspecified atom stereocenters. The topological polar surface area (TPSA) is 71.4 Å². The van der Waals surface area contributed by atoms with E-state index in [0.717, 1.165) is 5.56 Å². The van der Waals surface area contributed by atoms with Crippen LogP contribution in [0.1, 0.15) is 12.0 Å². The molecule has 1 heterocycles. The van der Waals surface area contributed by atoms with E-state index in [4.69, 9.17) is 11.6 Å². The average molecular weight is 289 g/mol. The van der Waals surface area contributed by atoms with Gasteiger partial charge in [0, 0.05) is 5.02 Å². The first-order valence-electron chi connectivity index (χ1n) is 5.51. The summed E-state index contributed by atoms with van der Waals surface area (Å²) >= 11 is 5.76. The summed E-state index contributed by atoms with van der Waals surface area (Å²) in [6.07, 6.45) is 0.395. The molecule has 0 aromatic heterocycles. The van der Waals surface area contributed by atoms with Crippen LogP contribution in [0, 0.1) is 5.41 Å². The molecule has 0 saturated carbocycles. The Hall–Kier alpha value is -1.07. The van der Waals surface area contributed by atoms with E-state index in [9.17, 15) is 18.3 Å². The summed E-state index contributed by atoms with van der Waals surface area (Å²) in [7, 11) is -3.23. The maximum atomic E-state index is 11.5. The van der Waals surface area contributed by atoms with Crippen molar-refractivity contribution in [3.05, 3.63) is 34.9 Å². The van der Waals surface area contributed by atoms with Crippen LogP contribution in [0.25, 0.3) is 0 Å². The second-order valence-corrected chi connectivity index (χ2v) is 7.35. The van der Waals surface area contributed by atoms with Gasteiger partial charge in [-0.3, -0.25) is 4.79 Å². The molecule has 1 aliphatic rings. The number of hydrogen-bond donors (Lipinski definition) is 1. The number of aliphatic carboxylic acids is 1. The van der Waals surface area contributed by atoms with Gasteiger partial charge < -0.3 is 5.11 Å². The zero-order valence-corrected chi connectivity index (χ0v) is 11.2. The van der Waals surface area contributed by atoms with E-state index in [2.05, 4.69) is 0 Å². The average Bonchev–Trinajstić information content (AvgIpc) is 2.59. The van der Waals surface area contributed by atoms with Crippen molar-refractivity contribution in [3.63, 3.8) is 0 Å². The molecular weight excluding hydrogens is 276 g/mol. The van der Waals surface area contributed by atoms with Crippen molar-refractivity contribution in [2.24, 2.45) is 5.41 Å². The molecule has 0 amide bonds. The summed E-state index contributed by atoms with van der Waals surface area (Å²) in [5.41, 5.74) is -0.397. The molecule has 1 aromatic carbocycles. The number of carboxylic acid groups (broad SMARTS) is 1. The Bertz CT molecular complexity index is 564. The minimum absolute atomic E-state index is 0.0487. The van der Waals surface area contributed by atoms with Crippen LogP contribution in [0.3, 0.4) is 0 Å². The lowest BCUT2D eigenvalue weighted by Gasteiger charge is -2.22. The van der Waals surface area contributed by atoms with Gasteiger partial charge >= 0.3 is 5.97 Å². The van der Waals surface area contributed by atoms with Crippen LogP contribution < -0.4 is 0 Å². The van der Waals surface area contributed by atoms with Crippen molar-refractivity contribution in [2.45, 2.75) is 12.8 Å². The van der Waals surface area contributed by atoms with Crippen LogP contribution in [0.4, 0.5) is 0 Å². The Morgan fingerprint density at radius 1 is 1.33 bits per heavy atom. The summed E-state index contributed by atoms with van der Waals surface area (Å²) in [6.45, 7) is 0. The maximum Gasteiger partial charge on any atom is 0.311 e. The highest BCUT2D eigenvalue weighted by molar-refractivity contribution is 7.91. The standard InChI is InChI=1S/C12H13ClO4S/c13-10-3-1-9(2-4-10)7-12(11(14)15)5-6-18(16,17)8-12/h1-4H,5-8H2,(H,14,15). The number of hydrogen-bond acceptors (Lipinski definition) is 3. The fraction of sp³-hybridized carbons (Fsp3) is 0.417. The summed E-state index contributed by atoms with van der Waals surface area (Å²) in [6, 6.07) is 6.82. The van der Waals surface area contributed by atoms with Crippen LogP contribution in [0.15, 0.2) is 24.3 Å². The fourth-order valence-electron chi connectivity index (χ4n) is 2.29. The lowest BCUT2D eigenvalue weighted by Crippen LogP contribution is -2.34. The van der Waals surface area contributed by atoms with Crippen molar-refractivity contribution >= 4 is 27.4 Å². The van der Waals surface area contributed by atoms with Gasteiger partial charge in [0.1, 0.15) is 0 Å². The van der Waals surface area contributed by atoms with Crippen LogP contribution >= 0.6 is 11.6 Å². The van der Waals surface area contributed by atoms with E-state index in [-0.39, 0.29) is 24.3 Å². The van der Waals surface area contributed by atoms with Crippen molar-refractivity contribution in [1.82, 2.24) is 0 Å². The molecule has 18 heavy (non-hydrogen) atoms. The summed E-state index contributed by atoms with van der Waals surface area (Å²) in [5.74, 6) is -1.37. The molecule has 0 radical (unpaired) electrons. The Kier molecular flexibility index (Phi) is 3.38. The SMILES string of the molecule is O=C(O)C1(Cc2ccc(Cl)cc2)CCS(=O)(=O)C1. The molecular formula is C12H13ClO4S. The number of carboxylic acids is 1. The van der Waals surface area contributed by atoms with Crippen molar-refractivity contribution in [1.29, 1.82) is 0 Å². The molecule has 2 rings (SSSR count). The van der Waals surface area contributed by atoms with Gasteiger partial charge in [0.2, 0.25) is 0 Å². The van der Waals surface area contributed by atoms with Gasteiger partial charge in [-0.2, -0.15) is 0 Å². The van der Waals surface area contributed by atoms with E-state index in [1.54, 1.807) is 24.3 Å². The van der Waals surface area contributed by atoms with E-state index in [1.165, 1.54) is 0 Å². The largest absolute Gasteiger partial charge is 0.481 e. The molecule has 1 fully saturated rings. The Labute approximate surface area is 110 Å². The Morgan fingerprint density at radius 2 is 1.94 bits per heavy atom. The van der Waals surface area contributed by atoms with Gasteiger partial charge in [-0.05, 0) is 30.5 Å². The van der Waals surface area contributed by atoms with Gasteiger partial charge in [0.15, 0.2) is 9.84 Å². The van der Waals surface area contributed by atoms with Crippen LogP contribution in [-0.4, -0.2) is 31.0 Å². The number of benzene rings is 1. The third kappa shape index (κ3) is 2.67. The first kappa shape index (κ1) is 13.4. The number of carbonyl (C=O) groups is 1. The molecule has 1 N–H and O–H groups in total. The smallest absolute Gasteiger partial charge is 0.311 e. The van der Waals surface area contributed by atoms with Crippen molar-refractivity contribution < 1.29 is 18.3 Å². The molecule has 4 nitrogen and oxygen atoms in total. The zero-order chi connectivity index (χ0) is 13.4. The second kappa shape index (κ2) is 4.55. The minimum atomic E-state index is -3.23. The van der Waals surface area contributed by atoms with Gasteiger partial charge in [-0.25, -0.2) is 8.42 Å². The lowest BCUT2D eigenvalue weighted by molar-refractivity contribution is -0.147. The molecule has 6 heteroatoms. The van der Waals surface area contributed by atoms with Gasteiger partial charge in [0.05, 0.1) is 16.9 Å². The van der Waals surface area contributed by atoms with Gasteiger partial charge in [0.25, 0.3) is 0 Å². The van der Waals surface area contributed by atoms with Gasteiger partial charge in [-0.15, -0.1) is 0 Å². The maximum absolute atomic E-state index is 11.5. The summed E-state index contributed by atoms with van der Waals surface area (Å²) in [5, 5.41) is 9.89. The highest BCUT2D eigenvalue weighted by Crippen LogP contribution is 2.36. The van der Waals surface area contributed by atoms with Crippen molar-refractivity contribution in [2.75, 3.05) is 11.5 Å². The van der Waals surface area contributed by atoms with Crippen LogP contribution in [0.2, 0.25) is 5.02 Å². The molecule has 0 aliphatic carbocycles. The number of rotatable bonds is 3. The highest BCUT2D eigenvalue weighted by atomic mass is 35.5. The minimum Gasteiger partial charge on any atom is -0.481 e. The van der Waals surface area contributed by atoms with E-state index in [0.29, 0.717) is 5.02 Å². The molecule has 0 spiro atoms. The second-order valence-electron chi connectivity index (χ2n) is 4.73. The Balaban J connectivity index is 2.28. The highest BCUT2D eigenvalue weighted by Gasteiger charge is 2.48. The van der Waals surface area contributed by atoms with E-state index in [1.807, 2.05) is 0 Å². The third-order valence-electron chi connectivity index (χ3n) is 3.30. The predicted octanol–water partition coefficient (Wildman–Crippen LogP) is 1.77. The van der Waals surface area contributed by atoms with Gasteiger partial charge in [-0.1, -0.05) is 23.7 Å². The van der Waals surface area contributed by atoms with Crippen LogP contribution in [-0.2, 0) is 21.1 Å². The van der Waals surface area contributed by atoms with Crippen molar-refractivity contribution in [3.8, 4) is 0 Å². The predicted molar refractivity (Wildman–Crippen MR) is 68.5 cm³/mol. The lowest BCUT2D eigenvalue weighted by atomic mass is 9.81. The summed E-state index contributed by atoms with van der Waals surface area (Å²) in [4.78, 5) is 11.4. The number of halogens is 1.